The van der Waals surface area contributed by atoms with E-state index in [-0.39, 0.29) is 0 Å². The van der Waals surface area contributed by atoms with Crippen LogP contribution >= 0.6 is 0 Å². The first-order valence-electron chi connectivity index (χ1n) is 7.30. The van der Waals surface area contributed by atoms with Crippen LogP contribution in [0.5, 0.6) is 0 Å². The van der Waals surface area contributed by atoms with Crippen molar-refractivity contribution in [2.75, 3.05) is 5.32 Å². The lowest BCUT2D eigenvalue weighted by atomic mass is 10.1. The molecule has 4 aromatic rings. The minimum Gasteiger partial charge on any atom is -0.349 e. The summed E-state index contributed by atoms with van der Waals surface area (Å²) in [6.07, 6.45) is 3.62. The summed E-state index contributed by atoms with van der Waals surface area (Å²) in [5.74, 6) is 0.525. The number of hydrogen-bond acceptors (Lipinski definition) is 5. The summed E-state index contributed by atoms with van der Waals surface area (Å²) in [5.41, 5.74) is 4.79. The summed E-state index contributed by atoms with van der Waals surface area (Å²) in [6, 6.07) is 16.0. The van der Waals surface area contributed by atoms with Crippen LogP contribution in [0.2, 0.25) is 0 Å². The highest BCUT2D eigenvalue weighted by Gasteiger charge is 2.05. The number of H-pyrrole nitrogens is 1. The zero-order valence-corrected chi connectivity index (χ0v) is 12.3. The lowest BCUT2D eigenvalue weighted by molar-refractivity contribution is 0.984. The van der Waals surface area contributed by atoms with Gasteiger partial charge >= 0.3 is 0 Å². The number of fused-ring (bicyclic) bond motifs is 1. The Labute approximate surface area is 132 Å². The van der Waals surface area contributed by atoms with Crippen LogP contribution in [0, 0.1) is 0 Å². The van der Waals surface area contributed by atoms with Gasteiger partial charge in [-0.2, -0.15) is 5.10 Å². The van der Waals surface area contributed by atoms with E-state index in [1.165, 1.54) is 5.56 Å². The largest absolute Gasteiger partial charge is 0.349 e. The molecule has 0 bridgehead atoms. The van der Waals surface area contributed by atoms with Gasteiger partial charge in [0.15, 0.2) is 0 Å². The lowest BCUT2D eigenvalue weighted by Crippen LogP contribution is -2.04. The number of nitrogens with one attached hydrogen (secondary N) is 2. The maximum Gasteiger partial charge on any atom is 0.243 e. The number of rotatable bonds is 4. The molecule has 2 heterocycles. The number of aromatic amines is 1. The van der Waals surface area contributed by atoms with Gasteiger partial charge in [-0.3, -0.25) is 5.10 Å². The SMILES string of the molecule is c1ccc(CNc2nnc3cc(-c4cn[nH]c4)ccc3n2)cc1. The minimum absolute atomic E-state index is 0.525. The van der Waals surface area contributed by atoms with Crippen molar-refractivity contribution in [1.82, 2.24) is 25.4 Å². The molecule has 2 aromatic carbocycles. The summed E-state index contributed by atoms with van der Waals surface area (Å²) in [4.78, 5) is 4.50. The van der Waals surface area contributed by atoms with Crippen LogP contribution in [-0.4, -0.2) is 25.4 Å². The highest BCUT2D eigenvalue weighted by atomic mass is 15.2. The number of nitrogens with zero attached hydrogens (tertiary/aromatic N) is 4. The molecule has 0 aliphatic carbocycles. The second-order valence-corrected chi connectivity index (χ2v) is 5.17. The van der Waals surface area contributed by atoms with Gasteiger partial charge in [-0.1, -0.05) is 36.4 Å². The zero-order chi connectivity index (χ0) is 15.5. The van der Waals surface area contributed by atoms with Crippen LogP contribution in [0.25, 0.3) is 22.2 Å². The molecule has 23 heavy (non-hydrogen) atoms. The molecule has 0 saturated carbocycles. The molecule has 0 amide bonds. The first-order valence-corrected chi connectivity index (χ1v) is 7.30. The molecule has 6 heteroatoms. The Hall–Kier alpha value is -3.28. The van der Waals surface area contributed by atoms with Crippen LogP contribution in [0.1, 0.15) is 5.56 Å². The van der Waals surface area contributed by atoms with Gasteiger partial charge in [0.1, 0.15) is 5.52 Å². The van der Waals surface area contributed by atoms with E-state index in [2.05, 4.69) is 42.8 Å². The van der Waals surface area contributed by atoms with E-state index in [4.69, 9.17) is 0 Å². The van der Waals surface area contributed by atoms with Crippen molar-refractivity contribution in [3.63, 3.8) is 0 Å². The number of benzene rings is 2. The Balaban J connectivity index is 1.57. The Morgan fingerprint density at radius 2 is 1.83 bits per heavy atom. The molecule has 0 aliphatic rings. The highest BCUT2D eigenvalue weighted by Crippen LogP contribution is 2.21. The quantitative estimate of drug-likeness (QED) is 0.606. The summed E-state index contributed by atoms with van der Waals surface area (Å²) < 4.78 is 0. The molecule has 0 aliphatic heterocycles. The first kappa shape index (κ1) is 13.4. The lowest BCUT2D eigenvalue weighted by Gasteiger charge is -2.05. The Bertz CT molecular complexity index is 918. The molecule has 0 spiro atoms. The smallest absolute Gasteiger partial charge is 0.243 e. The molecular weight excluding hydrogens is 288 g/mol. The van der Waals surface area contributed by atoms with Crippen molar-refractivity contribution in [3.8, 4) is 11.1 Å². The maximum atomic E-state index is 4.50. The van der Waals surface area contributed by atoms with Crippen LogP contribution in [0.4, 0.5) is 5.95 Å². The zero-order valence-electron chi connectivity index (χ0n) is 12.3. The fourth-order valence-electron chi connectivity index (χ4n) is 2.38. The molecular formula is C17H14N6. The first-order chi connectivity index (χ1) is 11.4. The van der Waals surface area contributed by atoms with Crippen molar-refractivity contribution in [3.05, 3.63) is 66.5 Å². The maximum absolute atomic E-state index is 4.50. The third-order valence-corrected chi connectivity index (χ3v) is 3.58. The van der Waals surface area contributed by atoms with Crippen LogP contribution in [0.15, 0.2) is 60.9 Å². The van der Waals surface area contributed by atoms with Gasteiger partial charge in [0.05, 0.1) is 11.7 Å². The van der Waals surface area contributed by atoms with Gasteiger partial charge in [0.25, 0.3) is 0 Å². The summed E-state index contributed by atoms with van der Waals surface area (Å²) >= 11 is 0. The van der Waals surface area contributed by atoms with Crippen LogP contribution in [0.3, 0.4) is 0 Å². The highest BCUT2D eigenvalue weighted by molar-refractivity contribution is 5.81. The fraction of sp³-hybridized carbons (Fsp3) is 0.0588. The average Bonchev–Trinajstić information content (AvgIpc) is 3.15. The molecule has 4 rings (SSSR count). The van der Waals surface area contributed by atoms with Gasteiger partial charge in [-0.05, 0) is 23.3 Å². The van der Waals surface area contributed by atoms with Gasteiger partial charge in [0.2, 0.25) is 5.95 Å². The van der Waals surface area contributed by atoms with E-state index in [1.807, 2.05) is 42.6 Å². The van der Waals surface area contributed by atoms with Crippen molar-refractivity contribution < 1.29 is 0 Å². The summed E-state index contributed by atoms with van der Waals surface area (Å²) in [6.45, 7) is 0.668. The molecule has 2 aromatic heterocycles. The Kier molecular flexibility index (Phi) is 3.40. The third kappa shape index (κ3) is 2.87. The summed E-state index contributed by atoms with van der Waals surface area (Å²) in [5, 5.41) is 18.4. The Morgan fingerprint density at radius 3 is 2.65 bits per heavy atom. The predicted octanol–water partition coefficient (Wildman–Crippen LogP) is 3.03. The van der Waals surface area contributed by atoms with Crippen LogP contribution < -0.4 is 5.32 Å². The van der Waals surface area contributed by atoms with E-state index in [1.54, 1.807) is 6.20 Å². The van der Waals surface area contributed by atoms with Gasteiger partial charge in [-0.25, -0.2) is 4.98 Å². The van der Waals surface area contributed by atoms with E-state index < -0.39 is 0 Å². The minimum atomic E-state index is 0.525. The summed E-state index contributed by atoms with van der Waals surface area (Å²) in [7, 11) is 0. The topological polar surface area (TPSA) is 79.4 Å². The monoisotopic (exact) mass is 302 g/mol. The van der Waals surface area contributed by atoms with E-state index in [0.717, 1.165) is 22.2 Å². The molecule has 0 radical (unpaired) electrons. The fourth-order valence-corrected chi connectivity index (χ4v) is 2.38. The van der Waals surface area contributed by atoms with Crippen molar-refractivity contribution >= 4 is 17.0 Å². The predicted molar refractivity (Wildman–Crippen MR) is 88.7 cm³/mol. The van der Waals surface area contributed by atoms with E-state index >= 15 is 0 Å². The van der Waals surface area contributed by atoms with Gasteiger partial charge < -0.3 is 5.32 Å². The third-order valence-electron chi connectivity index (χ3n) is 3.58. The standard InChI is InChI=1S/C17H14N6/c1-2-4-12(5-3-1)9-18-17-21-15-7-6-13(8-16(15)22-23-17)14-10-19-20-11-14/h1-8,10-11H,9H2,(H,19,20)(H,18,21,23). The van der Waals surface area contributed by atoms with E-state index in [9.17, 15) is 0 Å². The molecule has 0 unspecified atom stereocenters. The normalized spacial score (nSPS) is 10.8. The molecule has 0 saturated heterocycles. The van der Waals surface area contributed by atoms with Crippen molar-refractivity contribution in [1.29, 1.82) is 0 Å². The molecule has 112 valence electrons. The number of anilines is 1. The molecule has 0 atom stereocenters. The van der Waals surface area contributed by atoms with Crippen molar-refractivity contribution in [2.45, 2.75) is 6.54 Å². The molecule has 2 N–H and O–H groups in total. The molecule has 0 fully saturated rings. The number of aromatic nitrogens is 5. The van der Waals surface area contributed by atoms with Gasteiger partial charge in [0, 0.05) is 18.3 Å². The van der Waals surface area contributed by atoms with E-state index in [0.29, 0.717) is 12.5 Å². The van der Waals surface area contributed by atoms with Crippen LogP contribution in [-0.2, 0) is 6.54 Å². The average molecular weight is 302 g/mol. The van der Waals surface area contributed by atoms with Crippen molar-refractivity contribution in [2.24, 2.45) is 0 Å². The second kappa shape index (κ2) is 5.84. The molecule has 6 nitrogen and oxygen atoms in total. The Morgan fingerprint density at radius 1 is 0.913 bits per heavy atom. The number of hydrogen-bond donors (Lipinski definition) is 2. The second-order valence-electron chi connectivity index (χ2n) is 5.17. The van der Waals surface area contributed by atoms with Gasteiger partial charge in [-0.15, -0.1) is 10.2 Å².